The van der Waals surface area contributed by atoms with Crippen molar-refractivity contribution in [3.05, 3.63) is 0 Å². The molecule has 4 nitrogen and oxygen atoms in total. The number of rotatable bonds is 3. The van der Waals surface area contributed by atoms with E-state index >= 15 is 0 Å². The number of amides is 1. The maximum atomic E-state index is 12.6. The molecule has 1 heterocycles. The van der Waals surface area contributed by atoms with Crippen LogP contribution in [0.4, 0.5) is 0 Å². The van der Waals surface area contributed by atoms with Crippen molar-refractivity contribution in [1.82, 2.24) is 4.90 Å². The largest absolute Gasteiger partial charge is 0.375 e. The van der Waals surface area contributed by atoms with E-state index in [-0.39, 0.29) is 5.91 Å². The lowest BCUT2D eigenvalue weighted by atomic mass is 9.88. The summed E-state index contributed by atoms with van der Waals surface area (Å²) >= 11 is 0. The number of hydrogen-bond acceptors (Lipinski definition) is 3. The molecule has 1 aliphatic heterocycles. The third-order valence-corrected chi connectivity index (χ3v) is 6.00. The van der Waals surface area contributed by atoms with Crippen molar-refractivity contribution >= 4 is 5.91 Å². The number of nitrogens with two attached hydrogens (primary N) is 1. The normalized spacial score (nSPS) is 33.1. The molecule has 2 saturated carbocycles. The Bertz CT molecular complexity index is 377. The standard InChI is InChI=1S/C18H32N2O2/c1-14-4-6-15(7-5-14)22-16-8-12-20(13-9-16)17(21)18(19)10-2-3-11-18/h14-16H,2-13,19H2,1H3. The summed E-state index contributed by atoms with van der Waals surface area (Å²) in [7, 11) is 0. The minimum atomic E-state index is -0.562. The summed E-state index contributed by atoms with van der Waals surface area (Å²) in [5.74, 6) is 1.06. The van der Waals surface area contributed by atoms with E-state index in [1.807, 2.05) is 4.90 Å². The Balaban J connectivity index is 1.43. The maximum absolute atomic E-state index is 12.6. The molecule has 3 aliphatic rings. The maximum Gasteiger partial charge on any atom is 0.242 e. The minimum absolute atomic E-state index is 0.190. The number of piperidine rings is 1. The molecule has 1 saturated heterocycles. The Kier molecular flexibility index (Phi) is 5.08. The first-order chi connectivity index (χ1) is 10.6. The molecule has 0 bridgehead atoms. The number of ether oxygens (including phenoxy) is 1. The summed E-state index contributed by atoms with van der Waals surface area (Å²) in [6, 6.07) is 0. The fourth-order valence-electron chi connectivity index (χ4n) is 4.37. The zero-order chi connectivity index (χ0) is 15.6. The SMILES string of the molecule is CC1CCC(OC2CCN(C(=O)C3(N)CCCC3)CC2)CC1. The highest BCUT2D eigenvalue weighted by Gasteiger charge is 2.40. The molecule has 2 N–H and O–H groups in total. The first kappa shape index (κ1) is 16.3. The van der Waals surface area contributed by atoms with Crippen molar-refractivity contribution in [2.45, 2.75) is 88.9 Å². The molecule has 0 aromatic carbocycles. The third kappa shape index (κ3) is 3.65. The van der Waals surface area contributed by atoms with Gasteiger partial charge in [0.25, 0.3) is 0 Å². The van der Waals surface area contributed by atoms with Gasteiger partial charge in [0.05, 0.1) is 17.7 Å². The van der Waals surface area contributed by atoms with E-state index < -0.39 is 5.54 Å². The highest BCUT2D eigenvalue weighted by molar-refractivity contribution is 5.86. The topological polar surface area (TPSA) is 55.6 Å². The van der Waals surface area contributed by atoms with E-state index in [2.05, 4.69) is 6.92 Å². The molecule has 0 spiro atoms. The van der Waals surface area contributed by atoms with Crippen LogP contribution >= 0.6 is 0 Å². The lowest BCUT2D eigenvalue weighted by Gasteiger charge is -2.38. The molecule has 0 unspecified atom stereocenters. The monoisotopic (exact) mass is 308 g/mol. The molecule has 4 heteroatoms. The lowest BCUT2D eigenvalue weighted by molar-refractivity contribution is -0.140. The predicted octanol–water partition coefficient (Wildman–Crippen LogP) is 2.84. The van der Waals surface area contributed by atoms with Gasteiger partial charge >= 0.3 is 0 Å². The molecular formula is C18H32N2O2. The minimum Gasteiger partial charge on any atom is -0.375 e. The second kappa shape index (κ2) is 6.88. The predicted molar refractivity (Wildman–Crippen MR) is 87.5 cm³/mol. The van der Waals surface area contributed by atoms with E-state index in [1.165, 1.54) is 25.7 Å². The summed E-state index contributed by atoms with van der Waals surface area (Å²) in [6.07, 6.45) is 11.7. The van der Waals surface area contributed by atoms with Crippen LogP contribution in [-0.4, -0.2) is 41.6 Å². The average molecular weight is 308 g/mol. The molecule has 2 aliphatic carbocycles. The van der Waals surface area contributed by atoms with Gasteiger partial charge in [-0.3, -0.25) is 4.79 Å². The molecule has 0 aromatic rings. The van der Waals surface area contributed by atoms with Crippen LogP contribution in [0.15, 0.2) is 0 Å². The Morgan fingerprint density at radius 2 is 1.55 bits per heavy atom. The molecule has 0 atom stereocenters. The van der Waals surface area contributed by atoms with E-state index in [0.717, 1.165) is 57.5 Å². The van der Waals surface area contributed by atoms with E-state index in [9.17, 15) is 4.79 Å². The van der Waals surface area contributed by atoms with Crippen molar-refractivity contribution in [2.24, 2.45) is 11.7 Å². The van der Waals surface area contributed by atoms with Gasteiger partial charge in [0.2, 0.25) is 5.91 Å². The Labute approximate surface area is 134 Å². The zero-order valence-corrected chi connectivity index (χ0v) is 14.1. The Hall–Kier alpha value is -0.610. The molecular weight excluding hydrogens is 276 g/mol. The highest BCUT2D eigenvalue weighted by atomic mass is 16.5. The lowest BCUT2D eigenvalue weighted by Crippen LogP contribution is -2.55. The first-order valence-corrected chi connectivity index (χ1v) is 9.30. The van der Waals surface area contributed by atoms with Crippen LogP contribution in [0.3, 0.4) is 0 Å². The van der Waals surface area contributed by atoms with Gasteiger partial charge in [-0.1, -0.05) is 19.8 Å². The average Bonchev–Trinajstić information content (AvgIpc) is 2.98. The van der Waals surface area contributed by atoms with E-state index in [4.69, 9.17) is 10.5 Å². The fraction of sp³-hybridized carbons (Fsp3) is 0.944. The molecule has 0 radical (unpaired) electrons. The number of likely N-dealkylation sites (tertiary alicyclic amines) is 1. The summed E-state index contributed by atoms with van der Waals surface area (Å²) in [5.41, 5.74) is 5.75. The first-order valence-electron chi connectivity index (χ1n) is 9.30. The summed E-state index contributed by atoms with van der Waals surface area (Å²) in [5, 5.41) is 0. The van der Waals surface area contributed by atoms with Gasteiger partial charge in [-0.15, -0.1) is 0 Å². The quantitative estimate of drug-likeness (QED) is 0.872. The number of nitrogens with zero attached hydrogens (tertiary/aromatic N) is 1. The number of hydrogen-bond donors (Lipinski definition) is 1. The Morgan fingerprint density at radius 3 is 2.14 bits per heavy atom. The fourth-order valence-corrected chi connectivity index (χ4v) is 4.37. The van der Waals surface area contributed by atoms with Crippen LogP contribution in [0.5, 0.6) is 0 Å². The van der Waals surface area contributed by atoms with Crippen molar-refractivity contribution in [3.63, 3.8) is 0 Å². The van der Waals surface area contributed by atoms with Gasteiger partial charge in [-0.2, -0.15) is 0 Å². The van der Waals surface area contributed by atoms with Gasteiger partial charge in [-0.25, -0.2) is 0 Å². The number of carbonyl (C=O) groups is 1. The van der Waals surface area contributed by atoms with Crippen LogP contribution in [0.25, 0.3) is 0 Å². The highest BCUT2D eigenvalue weighted by Crippen LogP contribution is 2.31. The van der Waals surface area contributed by atoms with Gasteiger partial charge in [-0.05, 0) is 57.3 Å². The summed E-state index contributed by atoms with van der Waals surface area (Å²) in [4.78, 5) is 14.6. The van der Waals surface area contributed by atoms with Crippen molar-refractivity contribution in [3.8, 4) is 0 Å². The van der Waals surface area contributed by atoms with Crippen LogP contribution in [-0.2, 0) is 9.53 Å². The zero-order valence-electron chi connectivity index (χ0n) is 14.1. The van der Waals surface area contributed by atoms with Crippen molar-refractivity contribution < 1.29 is 9.53 Å². The molecule has 1 amide bonds. The van der Waals surface area contributed by atoms with Gasteiger partial charge in [0.15, 0.2) is 0 Å². The van der Waals surface area contributed by atoms with Crippen LogP contribution in [0.1, 0.15) is 71.1 Å². The molecule has 3 rings (SSSR count). The molecule has 126 valence electrons. The van der Waals surface area contributed by atoms with E-state index in [0.29, 0.717) is 12.2 Å². The van der Waals surface area contributed by atoms with Crippen molar-refractivity contribution in [1.29, 1.82) is 0 Å². The van der Waals surface area contributed by atoms with Crippen LogP contribution in [0, 0.1) is 5.92 Å². The molecule has 3 fully saturated rings. The third-order valence-electron chi connectivity index (χ3n) is 6.00. The summed E-state index contributed by atoms with van der Waals surface area (Å²) < 4.78 is 6.29. The van der Waals surface area contributed by atoms with Crippen LogP contribution in [0.2, 0.25) is 0 Å². The van der Waals surface area contributed by atoms with Gasteiger partial charge in [0.1, 0.15) is 0 Å². The van der Waals surface area contributed by atoms with Crippen LogP contribution < -0.4 is 5.73 Å². The van der Waals surface area contributed by atoms with Crippen molar-refractivity contribution in [2.75, 3.05) is 13.1 Å². The molecule has 22 heavy (non-hydrogen) atoms. The Morgan fingerprint density at radius 1 is 1.00 bits per heavy atom. The van der Waals surface area contributed by atoms with Gasteiger partial charge in [0, 0.05) is 13.1 Å². The second-order valence-electron chi connectivity index (χ2n) is 7.87. The smallest absolute Gasteiger partial charge is 0.242 e. The van der Waals surface area contributed by atoms with Gasteiger partial charge < -0.3 is 15.4 Å². The summed E-state index contributed by atoms with van der Waals surface area (Å²) in [6.45, 7) is 3.99. The van der Waals surface area contributed by atoms with E-state index in [1.54, 1.807) is 0 Å². The molecule has 0 aromatic heterocycles. The second-order valence-corrected chi connectivity index (χ2v) is 7.87. The number of carbonyl (C=O) groups excluding carboxylic acids is 1.